The number of amides is 1. The summed E-state index contributed by atoms with van der Waals surface area (Å²) in [5, 5.41) is 18.9. The average Bonchev–Trinajstić information content (AvgIpc) is 3.01. The molecule has 0 atom stereocenters. The Morgan fingerprint density at radius 2 is 2.12 bits per heavy atom. The maximum Gasteiger partial charge on any atom is 0.249 e. The minimum atomic E-state index is -0.377. The minimum Gasteiger partial charge on any atom is -0.493 e. The van der Waals surface area contributed by atoms with Gasteiger partial charge in [-0.1, -0.05) is 6.07 Å². The third-order valence-electron chi connectivity index (χ3n) is 3.12. The Balaban J connectivity index is 2.11. The molecule has 2 N–H and O–H groups in total. The summed E-state index contributed by atoms with van der Waals surface area (Å²) in [6, 6.07) is 7.33. The fourth-order valence-corrected chi connectivity index (χ4v) is 2.45. The standard InChI is InChI=1S/C16H16N4O3S/c1-22-12-6-4-10(8-13(12)23-2)5-7-14(21)18-15-11(9-17)16(24-3)20-19-15/h4-8H,1-3H3,(H2,18,19,20,21)/b7-5+. The van der Waals surface area contributed by atoms with Crippen molar-refractivity contribution < 1.29 is 14.3 Å². The summed E-state index contributed by atoms with van der Waals surface area (Å²) in [4.78, 5) is 12.0. The lowest BCUT2D eigenvalue weighted by Crippen LogP contribution is -2.09. The van der Waals surface area contributed by atoms with Crippen LogP contribution in [0.25, 0.3) is 6.08 Å². The van der Waals surface area contributed by atoms with Gasteiger partial charge in [0.05, 0.1) is 14.2 Å². The molecule has 1 amide bonds. The Morgan fingerprint density at radius 3 is 2.75 bits per heavy atom. The first-order chi connectivity index (χ1) is 11.6. The van der Waals surface area contributed by atoms with Crippen LogP contribution in [0.2, 0.25) is 0 Å². The molecule has 0 unspecified atom stereocenters. The molecule has 0 saturated heterocycles. The molecular formula is C16H16N4O3S. The van der Waals surface area contributed by atoms with Crippen molar-refractivity contribution in [3.8, 4) is 17.6 Å². The summed E-state index contributed by atoms with van der Waals surface area (Å²) >= 11 is 1.33. The molecular weight excluding hydrogens is 328 g/mol. The fourth-order valence-electron chi connectivity index (χ4n) is 1.96. The first-order valence-electron chi connectivity index (χ1n) is 6.86. The van der Waals surface area contributed by atoms with Crippen molar-refractivity contribution in [2.45, 2.75) is 5.03 Å². The molecule has 1 aromatic heterocycles. The van der Waals surface area contributed by atoms with E-state index in [4.69, 9.17) is 14.7 Å². The van der Waals surface area contributed by atoms with E-state index in [0.717, 1.165) is 5.56 Å². The lowest BCUT2D eigenvalue weighted by molar-refractivity contribution is -0.111. The molecule has 0 spiro atoms. The Bertz CT molecular complexity index is 808. The van der Waals surface area contributed by atoms with E-state index in [0.29, 0.717) is 22.1 Å². The van der Waals surface area contributed by atoms with Gasteiger partial charge in [0.2, 0.25) is 5.91 Å². The smallest absolute Gasteiger partial charge is 0.249 e. The topological polar surface area (TPSA) is 100 Å². The third kappa shape index (κ3) is 3.88. The van der Waals surface area contributed by atoms with Crippen LogP contribution in [0.5, 0.6) is 11.5 Å². The number of nitriles is 1. The highest BCUT2D eigenvalue weighted by atomic mass is 32.2. The number of methoxy groups -OCH3 is 2. The number of carbonyl (C=O) groups excluding carboxylic acids is 1. The van der Waals surface area contributed by atoms with Crippen molar-refractivity contribution >= 4 is 29.6 Å². The molecule has 1 heterocycles. The highest BCUT2D eigenvalue weighted by Crippen LogP contribution is 2.28. The molecule has 0 bridgehead atoms. The van der Waals surface area contributed by atoms with Gasteiger partial charge in [-0.05, 0) is 30.0 Å². The number of benzene rings is 1. The Hall–Kier alpha value is -2.92. The first-order valence-corrected chi connectivity index (χ1v) is 8.09. The first kappa shape index (κ1) is 17.4. The maximum absolute atomic E-state index is 12.0. The van der Waals surface area contributed by atoms with Gasteiger partial charge in [0, 0.05) is 6.08 Å². The monoisotopic (exact) mass is 344 g/mol. The van der Waals surface area contributed by atoms with E-state index >= 15 is 0 Å². The Kier molecular flexibility index (Phi) is 5.87. The maximum atomic E-state index is 12.0. The highest BCUT2D eigenvalue weighted by Gasteiger charge is 2.13. The molecule has 7 nitrogen and oxygen atoms in total. The van der Waals surface area contributed by atoms with Gasteiger partial charge in [-0.25, -0.2) is 0 Å². The van der Waals surface area contributed by atoms with Crippen molar-refractivity contribution in [2.75, 3.05) is 25.8 Å². The fraction of sp³-hybridized carbons (Fsp3) is 0.188. The Morgan fingerprint density at radius 1 is 1.38 bits per heavy atom. The second-order valence-electron chi connectivity index (χ2n) is 4.53. The lowest BCUT2D eigenvalue weighted by Gasteiger charge is -2.07. The largest absolute Gasteiger partial charge is 0.493 e. The molecule has 8 heteroatoms. The number of H-pyrrole nitrogens is 1. The van der Waals surface area contributed by atoms with Gasteiger partial charge in [0.1, 0.15) is 22.5 Å². The molecule has 0 aliphatic heterocycles. The van der Waals surface area contributed by atoms with E-state index in [1.807, 2.05) is 6.07 Å². The van der Waals surface area contributed by atoms with Gasteiger partial charge >= 0.3 is 0 Å². The number of nitrogens with zero attached hydrogens (tertiary/aromatic N) is 2. The second-order valence-corrected chi connectivity index (χ2v) is 5.33. The van der Waals surface area contributed by atoms with E-state index in [-0.39, 0.29) is 11.7 Å². The molecule has 0 fully saturated rings. The SMILES string of the molecule is COc1ccc(/C=C/C(=O)Nc2[nH]nc(SC)c2C#N)cc1OC. The number of rotatable bonds is 6. The van der Waals surface area contributed by atoms with E-state index in [9.17, 15) is 4.79 Å². The van der Waals surface area contributed by atoms with Crippen molar-refractivity contribution in [3.63, 3.8) is 0 Å². The van der Waals surface area contributed by atoms with Crippen LogP contribution in [0.1, 0.15) is 11.1 Å². The summed E-state index contributed by atoms with van der Waals surface area (Å²) in [5.41, 5.74) is 1.09. The number of carbonyl (C=O) groups is 1. The van der Waals surface area contributed by atoms with E-state index in [2.05, 4.69) is 15.5 Å². The molecule has 2 aromatic rings. The summed E-state index contributed by atoms with van der Waals surface area (Å²) in [6.07, 6.45) is 4.80. The van der Waals surface area contributed by atoms with Gasteiger partial charge in [0.15, 0.2) is 11.5 Å². The molecule has 1 aromatic carbocycles. The number of ether oxygens (including phenoxy) is 2. The molecule has 24 heavy (non-hydrogen) atoms. The van der Waals surface area contributed by atoms with Crippen LogP contribution in [0.15, 0.2) is 29.3 Å². The van der Waals surface area contributed by atoms with Crippen LogP contribution in [-0.2, 0) is 4.79 Å². The van der Waals surface area contributed by atoms with Crippen molar-refractivity contribution in [1.29, 1.82) is 5.26 Å². The van der Waals surface area contributed by atoms with Gasteiger partial charge < -0.3 is 14.8 Å². The van der Waals surface area contributed by atoms with Crippen LogP contribution in [0.3, 0.4) is 0 Å². The van der Waals surface area contributed by atoms with Crippen LogP contribution in [-0.4, -0.2) is 36.6 Å². The zero-order chi connectivity index (χ0) is 17.5. The van der Waals surface area contributed by atoms with E-state index in [1.165, 1.54) is 17.8 Å². The predicted molar refractivity (Wildman–Crippen MR) is 92.3 cm³/mol. The number of hydrogen-bond acceptors (Lipinski definition) is 6. The van der Waals surface area contributed by atoms with E-state index in [1.54, 1.807) is 44.8 Å². The number of aromatic amines is 1. The molecule has 0 aliphatic rings. The quantitative estimate of drug-likeness (QED) is 0.617. The molecule has 124 valence electrons. The molecule has 0 saturated carbocycles. The number of nitrogens with one attached hydrogen (secondary N) is 2. The van der Waals surface area contributed by atoms with Crippen LogP contribution in [0.4, 0.5) is 5.82 Å². The zero-order valence-corrected chi connectivity index (χ0v) is 14.2. The summed E-state index contributed by atoms with van der Waals surface area (Å²) < 4.78 is 10.4. The minimum absolute atomic E-state index is 0.281. The normalized spacial score (nSPS) is 10.4. The third-order valence-corrected chi connectivity index (χ3v) is 3.80. The van der Waals surface area contributed by atoms with Crippen molar-refractivity contribution in [2.24, 2.45) is 0 Å². The molecule has 0 aliphatic carbocycles. The predicted octanol–water partition coefficient (Wildman–Crippen LogP) is 2.67. The van der Waals surface area contributed by atoms with Crippen molar-refractivity contribution in [3.05, 3.63) is 35.4 Å². The molecule has 2 rings (SSSR count). The molecule has 0 radical (unpaired) electrons. The number of aromatic nitrogens is 2. The van der Waals surface area contributed by atoms with Crippen molar-refractivity contribution in [1.82, 2.24) is 10.2 Å². The highest BCUT2D eigenvalue weighted by molar-refractivity contribution is 7.98. The van der Waals surface area contributed by atoms with Gasteiger partial charge in [-0.3, -0.25) is 9.89 Å². The van der Waals surface area contributed by atoms with Crippen LogP contribution in [0, 0.1) is 11.3 Å². The lowest BCUT2D eigenvalue weighted by atomic mass is 10.2. The van der Waals surface area contributed by atoms with Crippen LogP contribution >= 0.6 is 11.8 Å². The summed E-state index contributed by atoms with van der Waals surface area (Å²) in [7, 11) is 3.10. The summed E-state index contributed by atoms with van der Waals surface area (Å²) in [6.45, 7) is 0. The van der Waals surface area contributed by atoms with Gasteiger partial charge in [-0.15, -0.1) is 11.8 Å². The number of hydrogen-bond donors (Lipinski definition) is 2. The Labute approximate surface area is 143 Å². The van der Waals surface area contributed by atoms with Gasteiger partial charge in [-0.2, -0.15) is 10.4 Å². The van der Waals surface area contributed by atoms with Gasteiger partial charge in [0.25, 0.3) is 0 Å². The van der Waals surface area contributed by atoms with E-state index < -0.39 is 0 Å². The number of thioether (sulfide) groups is 1. The van der Waals surface area contributed by atoms with Crippen LogP contribution < -0.4 is 14.8 Å². The number of anilines is 1. The second kappa shape index (κ2) is 8.08. The average molecular weight is 344 g/mol. The zero-order valence-electron chi connectivity index (χ0n) is 13.4. The summed E-state index contributed by atoms with van der Waals surface area (Å²) in [5.74, 6) is 1.09.